The van der Waals surface area contributed by atoms with Gasteiger partial charge < -0.3 is 19.5 Å². The number of hydrogen-bond donors (Lipinski definition) is 2. The van der Waals surface area contributed by atoms with Gasteiger partial charge in [-0.05, 0) is 37.4 Å². The van der Waals surface area contributed by atoms with Crippen LogP contribution < -0.4 is 15.0 Å². The average Bonchev–Trinajstić information content (AvgIpc) is 2.75. The van der Waals surface area contributed by atoms with E-state index in [1.54, 1.807) is 19.1 Å². The summed E-state index contributed by atoms with van der Waals surface area (Å²) in [6, 6.07) is 3.81. The van der Waals surface area contributed by atoms with Crippen LogP contribution in [-0.4, -0.2) is 50.4 Å². The zero-order chi connectivity index (χ0) is 24.0. The SMILES string of the molecule is COc1cc2cc(c1Cl)N(C)C(=O)CCCBCC1C[C@](O)(C/C=C/C=C(\C)C2)NC(=O)O1. The lowest BCUT2D eigenvalue weighted by atomic mass is 9.67. The number of allylic oxidation sites excluding steroid dienone is 3. The minimum absolute atomic E-state index is 0.0214. The van der Waals surface area contributed by atoms with E-state index in [1.165, 1.54) is 0 Å². The number of benzene rings is 1. The molecule has 3 rings (SSSR count). The summed E-state index contributed by atoms with van der Waals surface area (Å²) in [4.78, 5) is 26.4. The van der Waals surface area contributed by atoms with Crippen molar-refractivity contribution in [3.8, 4) is 5.75 Å². The van der Waals surface area contributed by atoms with Crippen LogP contribution in [0.5, 0.6) is 5.75 Å². The molecule has 0 aromatic heterocycles. The number of aliphatic hydroxyl groups is 1. The number of amides is 2. The number of alkyl carbamates (subject to hydrolysis) is 1. The summed E-state index contributed by atoms with van der Waals surface area (Å²) in [6.07, 6.45) is 8.58. The van der Waals surface area contributed by atoms with Crippen molar-refractivity contribution in [1.82, 2.24) is 5.32 Å². The maximum atomic E-state index is 12.8. The third-order valence-electron chi connectivity index (χ3n) is 6.08. The third-order valence-corrected chi connectivity index (χ3v) is 6.46. The normalized spacial score (nSPS) is 27.5. The summed E-state index contributed by atoms with van der Waals surface area (Å²) in [5, 5.41) is 13.8. The summed E-state index contributed by atoms with van der Waals surface area (Å²) in [6.45, 7) is 2.00. The molecule has 2 heterocycles. The highest BCUT2D eigenvalue weighted by molar-refractivity contribution is 6.36. The second-order valence-corrected chi connectivity index (χ2v) is 9.27. The Kier molecular flexibility index (Phi) is 8.49. The van der Waals surface area contributed by atoms with E-state index in [1.807, 2.05) is 37.3 Å². The lowest BCUT2D eigenvalue weighted by molar-refractivity contribution is -0.118. The van der Waals surface area contributed by atoms with E-state index in [-0.39, 0.29) is 12.0 Å². The molecule has 0 aliphatic carbocycles. The molecule has 1 unspecified atom stereocenters. The Hall–Kier alpha value is -2.45. The first-order valence-corrected chi connectivity index (χ1v) is 11.7. The van der Waals surface area contributed by atoms with Gasteiger partial charge in [-0.15, -0.1) is 0 Å². The molecule has 2 amide bonds. The summed E-state index contributed by atoms with van der Waals surface area (Å²) >= 11 is 6.53. The number of nitrogens with zero attached hydrogens (tertiary/aromatic N) is 1. The van der Waals surface area contributed by atoms with E-state index in [2.05, 4.69) is 5.32 Å². The van der Waals surface area contributed by atoms with Crippen LogP contribution in [0.3, 0.4) is 0 Å². The molecular weight excluding hydrogens is 443 g/mol. The van der Waals surface area contributed by atoms with Crippen LogP contribution in [-0.2, 0) is 16.0 Å². The van der Waals surface area contributed by atoms with Gasteiger partial charge in [0, 0.05) is 26.3 Å². The van der Waals surface area contributed by atoms with Crippen LogP contribution in [0, 0.1) is 0 Å². The lowest BCUT2D eigenvalue weighted by Crippen LogP contribution is -2.56. The van der Waals surface area contributed by atoms with Crippen LogP contribution in [0.15, 0.2) is 35.9 Å². The predicted octanol–water partition coefficient (Wildman–Crippen LogP) is 4.00. The van der Waals surface area contributed by atoms with E-state index in [0.717, 1.165) is 24.7 Å². The van der Waals surface area contributed by atoms with Gasteiger partial charge in [0.1, 0.15) is 29.9 Å². The quantitative estimate of drug-likeness (QED) is 0.601. The molecule has 0 spiro atoms. The van der Waals surface area contributed by atoms with Crippen LogP contribution >= 0.6 is 11.6 Å². The maximum Gasteiger partial charge on any atom is 0.409 e. The number of hydrogen-bond acceptors (Lipinski definition) is 5. The Morgan fingerprint density at radius 1 is 1.36 bits per heavy atom. The van der Waals surface area contributed by atoms with E-state index in [9.17, 15) is 14.7 Å². The molecule has 7 nitrogen and oxygen atoms in total. The van der Waals surface area contributed by atoms with E-state index >= 15 is 0 Å². The average molecular weight is 475 g/mol. The van der Waals surface area contributed by atoms with Crippen LogP contribution in [0.2, 0.25) is 17.7 Å². The zero-order valence-electron chi connectivity index (χ0n) is 19.5. The lowest BCUT2D eigenvalue weighted by Gasteiger charge is -2.36. The minimum Gasteiger partial charge on any atom is -0.495 e. The third kappa shape index (κ3) is 6.77. The molecule has 1 saturated heterocycles. The van der Waals surface area contributed by atoms with Crippen molar-refractivity contribution in [2.45, 2.75) is 63.5 Å². The zero-order valence-corrected chi connectivity index (χ0v) is 20.3. The highest BCUT2D eigenvalue weighted by Crippen LogP contribution is 2.36. The van der Waals surface area contributed by atoms with Gasteiger partial charge in [-0.3, -0.25) is 10.1 Å². The molecular formula is C24H32BClN2O5. The Bertz CT molecular complexity index is 951. The van der Waals surface area contributed by atoms with Crippen molar-refractivity contribution >= 4 is 36.6 Å². The first-order valence-electron chi connectivity index (χ1n) is 11.4. The van der Waals surface area contributed by atoms with Gasteiger partial charge in [-0.25, -0.2) is 4.79 Å². The number of nitrogens with one attached hydrogen (secondary N) is 1. The molecule has 2 aliphatic heterocycles. The Labute approximate surface area is 201 Å². The fourth-order valence-corrected chi connectivity index (χ4v) is 4.59. The fraction of sp³-hybridized carbons (Fsp3) is 0.500. The number of carbonyl (C=O) groups excluding carboxylic acids is 2. The van der Waals surface area contributed by atoms with Gasteiger partial charge in [0.2, 0.25) is 5.91 Å². The maximum absolute atomic E-state index is 12.8. The summed E-state index contributed by atoms with van der Waals surface area (Å²) < 4.78 is 10.8. The Morgan fingerprint density at radius 2 is 2.15 bits per heavy atom. The van der Waals surface area contributed by atoms with Gasteiger partial charge in [0.15, 0.2) is 0 Å². The smallest absolute Gasteiger partial charge is 0.409 e. The van der Waals surface area contributed by atoms with Crippen molar-refractivity contribution in [2.24, 2.45) is 0 Å². The number of methoxy groups -OCH3 is 1. The minimum atomic E-state index is -1.32. The van der Waals surface area contributed by atoms with Gasteiger partial charge in [0.05, 0.1) is 12.8 Å². The highest BCUT2D eigenvalue weighted by Gasteiger charge is 2.38. The number of fused-ring (bicyclic) bond motifs is 4. The molecule has 9 heteroatoms. The standard InChI is InChI=1S/C24H32BClN2O5/c1-16-7-4-5-9-24(31)14-18(33-23(30)27-24)15-25-10-6-8-21(29)28(2)19-12-17(11-16)13-20(32-3)22(19)26/h4-5,7,12-13,18,25,31H,6,8-11,14-15H2,1-3H3,(H,27,30)/b5-4+,16-7+/t18?,24-/m1/s1. The molecule has 2 N–H and O–H groups in total. The molecule has 4 bridgehead atoms. The van der Waals surface area contributed by atoms with Crippen molar-refractivity contribution < 1.29 is 24.2 Å². The summed E-state index contributed by atoms with van der Waals surface area (Å²) in [7, 11) is 4.09. The molecule has 1 aromatic rings. The molecule has 2 aliphatic rings. The second kappa shape index (κ2) is 11.1. The monoisotopic (exact) mass is 474 g/mol. The molecule has 33 heavy (non-hydrogen) atoms. The molecule has 178 valence electrons. The summed E-state index contributed by atoms with van der Waals surface area (Å²) in [5.41, 5.74) is 1.36. The van der Waals surface area contributed by atoms with E-state index < -0.39 is 11.8 Å². The van der Waals surface area contributed by atoms with Crippen LogP contribution in [0.1, 0.15) is 38.2 Å². The molecule has 0 saturated carbocycles. The first-order chi connectivity index (χ1) is 15.7. The van der Waals surface area contributed by atoms with Gasteiger partial charge in [0.25, 0.3) is 0 Å². The van der Waals surface area contributed by atoms with Crippen molar-refractivity contribution in [3.63, 3.8) is 0 Å². The number of rotatable bonds is 1. The molecule has 1 fully saturated rings. The number of carbonyl (C=O) groups is 2. The van der Waals surface area contributed by atoms with Crippen LogP contribution in [0.4, 0.5) is 10.5 Å². The highest BCUT2D eigenvalue weighted by atomic mass is 35.5. The fourth-order valence-electron chi connectivity index (χ4n) is 4.27. The van der Waals surface area contributed by atoms with E-state index in [0.29, 0.717) is 54.9 Å². The van der Waals surface area contributed by atoms with Crippen molar-refractivity contribution in [1.29, 1.82) is 0 Å². The molecule has 1 aromatic carbocycles. The van der Waals surface area contributed by atoms with E-state index in [4.69, 9.17) is 21.1 Å². The summed E-state index contributed by atoms with van der Waals surface area (Å²) in [5.74, 6) is 0.509. The van der Waals surface area contributed by atoms with Gasteiger partial charge in [-0.1, -0.05) is 48.1 Å². The van der Waals surface area contributed by atoms with Crippen molar-refractivity contribution in [3.05, 3.63) is 46.5 Å². The Balaban J connectivity index is 1.87. The molecule has 2 atom stereocenters. The largest absolute Gasteiger partial charge is 0.495 e. The number of ether oxygens (including phenoxy) is 2. The Morgan fingerprint density at radius 3 is 2.91 bits per heavy atom. The molecule has 0 radical (unpaired) electrons. The topological polar surface area (TPSA) is 88.1 Å². The number of halogens is 1. The van der Waals surface area contributed by atoms with Gasteiger partial charge >= 0.3 is 6.09 Å². The first kappa shape index (κ1) is 25.2. The van der Waals surface area contributed by atoms with Crippen molar-refractivity contribution in [2.75, 3.05) is 19.1 Å². The number of anilines is 1. The predicted molar refractivity (Wildman–Crippen MR) is 132 cm³/mol. The van der Waals surface area contributed by atoms with Gasteiger partial charge in [-0.2, -0.15) is 0 Å². The van der Waals surface area contributed by atoms with Crippen LogP contribution in [0.25, 0.3) is 0 Å². The second-order valence-electron chi connectivity index (χ2n) is 8.89.